The maximum atomic E-state index is 11.4. The zero-order chi connectivity index (χ0) is 37.5. The molecular formula is C38H61BrO8Si2. The number of rotatable bonds is 19. The van der Waals surface area contributed by atoms with Gasteiger partial charge in [-0.3, -0.25) is 9.59 Å². The van der Waals surface area contributed by atoms with E-state index in [9.17, 15) is 9.59 Å². The number of aldehydes is 2. The fourth-order valence-electron chi connectivity index (χ4n) is 4.31. The van der Waals surface area contributed by atoms with Gasteiger partial charge in [0, 0.05) is 18.5 Å². The lowest BCUT2D eigenvalue weighted by Gasteiger charge is -2.36. The molecule has 2 rings (SSSR count). The van der Waals surface area contributed by atoms with Gasteiger partial charge in [0.25, 0.3) is 0 Å². The Morgan fingerprint density at radius 3 is 1.45 bits per heavy atom. The largest absolute Gasteiger partial charge is 0.497 e. The number of methoxy groups -OCH3 is 2. The second kappa shape index (κ2) is 20.4. The van der Waals surface area contributed by atoms with Crippen molar-refractivity contribution < 1.29 is 37.4 Å². The molecule has 0 aliphatic rings. The average molecular weight is 782 g/mol. The molecule has 49 heavy (non-hydrogen) atoms. The van der Waals surface area contributed by atoms with E-state index in [1.165, 1.54) is 6.26 Å². The molecule has 0 spiro atoms. The second-order valence-corrected chi connectivity index (χ2v) is 25.3. The van der Waals surface area contributed by atoms with Crippen LogP contribution in [0.4, 0.5) is 0 Å². The number of aryl methyl sites for hydroxylation is 2. The van der Waals surface area contributed by atoms with Crippen LogP contribution in [0, 0.1) is 0 Å². The molecule has 11 heteroatoms. The zero-order valence-electron chi connectivity index (χ0n) is 32.0. The first-order chi connectivity index (χ1) is 22.8. The third-order valence-corrected chi connectivity index (χ3v) is 18.7. The van der Waals surface area contributed by atoms with Gasteiger partial charge >= 0.3 is 0 Å². The third-order valence-electron chi connectivity index (χ3n) is 9.31. The summed E-state index contributed by atoms with van der Waals surface area (Å²) < 4.78 is 34.3. The molecular weight excluding hydrogens is 720 g/mol. The molecule has 276 valence electrons. The smallest absolute Gasteiger partial charge is 0.191 e. The number of carbonyl (C=O) groups is 2. The Kier molecular flexibility index (Phi) is 18.6. The highest BCUT2D eigenvalue weighted by molar-refractivity contribution is 9.09. The molecule has 0 bridgehead atoms. The maximum absolute atomic E-state index is 11.4. The van der Waals surface area contributed by atoms with E-state index in [4.69, 9.17) is 27.8 Å². The fraction of sp³-hybridized carbons (Fsp3) is 0.579. The molecule has 0 fully saturated rings. The van der Waals surface area contributed by atoms with E-state index in [1.54, 1.807) is 26.4 Å². The molecule has 0 saturated heterocycles. The summed E-state index contributed by atoms with van der Waals surface area (Å²) in [6.45, 7) is 27.9. The first-order valence-electron chi connectivity index (χ1n) is 16.9. The molecule has 0 radical (unpaired) electrons. The molecule has 0 aliphatic carbocycles. The van der Waals surface area contributed by atoms with Gasteiger partial charge in [-0.1, -0.05) is 64.1 Å². The second-order valence-electron chi connectivity index (χ2n) is 14.9. The summed E-state index contributed by atoms with van der Waals surface area (Å²) in [6.07, 6.45) is 6.19. The third kappa shape index (κ3) is 14.0. The van der Waals surface area contributed by atoms with Crippen LogP contribution in [0.15, 0.2) is 37.1 Å². The normalized spacial score (nSPS) is 12.0. The van der Waals surface area contributed by atoms with Crippen molar-refractivity contribution in [2.45, 2.75) is 103 Å². The molecule has 0 aromatic heterocycles. The molecule has 0 N–H and O–H groups in total. The minimum atomic E-state index is -1.74. The van der Waals surface area contributed by atoms with Gasteiger partial charge in [0.15, 0.2) is 29.2 Å². The lowest BCUT2D eigenvalue weighted by atomic mass is 10.0. The Balaban J connectivity index is 0.000000490. The van der Waals surface area contributed by atoms with Gasteiger partial charge < -0.3 is 27.8 Å². The fourth-order valence-corrected chi connectivity index (χ4v) is 6.64. The van der Waals surface area contributed by atoms with E-state index in [0.29, 0.717) is 59.3 Å². The summed E-state index contributed by atoms with van der Waals surface area (Å²) in [4.78, 5) is 22.7. The number of halogens is 1. The van der Waals surface area contributed by atoms with Gasteiger partial charge in [-0.15, -0.1) is 0 Å². The minimum absolute atomic E-state index is 0.199. The van der Waals surface area contributed by atoms with Crippen LogP contribution in [0.1, 0.15) is 86.2 Å². The number of hydrogen-bond acceptors (Lipinski definition) is 8. The predicted molar refractivity (Wildman–Crippen MR) is 210 cm³/mol. The van der Waals surface area contributed by atoms with Gasteiger partial charge in [0.1, 0.15) is 23.0 Å². The first-order valence-corrected chi connectivity index (χ1v) is 23.8. The number of carbonyl (C=O) groups excluding carboxylic acids is 2. The summed E-state index contributed by atoms with van der Waals surface area (Å²) in [7, 11) is -0.277. The average Bonchev–Trinajstić information content (AvgIpc) is 3.03. The van der Waals surface area contributed by atoms with Crippen molar-refractivity contribution in [2.24, 2.45) is 0 Å². The molecule has 0 unspecified atom stereocenters. The summed E-state index contributed by atoms with van der Waals surface area (Å²) in [5.74, 6) is 2.53. The highest BCUT2D eigenvalue weighted by Crippen LogP contribution is 2.38. The first kappa shape index (κ1) is 44.6. The van der Waals surface area contributed by atoms with E-state index in [0.717, 1.165) is 49.4 Å². The summed E-state index contributed by atoms with van der Waals surface area (Å²) in [6, 6.07) is 7.23. The van der Waals surface area contributed by atoms with Crippen LogP contribution in [0.3, 0.4) is 0 Å². The van der Waals surface area contributed by atoms with Crippen LogP contribution in [0.25, 0.3) is 0 Å². The van der Waals surface area contributed by atoms with Crippen molar-refractivity contribution in [1.82, 2.24) is 0 Å². The number of hydrogen-bond donors (Lipinski definition) is 0. The lowest BCUT2D eigenvalue weighted by molar-refractivity contribution is 0.111. The van der Waals surface area contributed by atoms with Crippen molar-refractivity contribution >= 4 is 45.1 Å². The van der Waals surface area contributed by atoms with Crippen LogP contribution < -0.4 is 18.9 Å². The van der Waals surface area contributed by atoms with Gasteiger partial charge in [-0.05, 0) is 97.3 Å². The Labute approximate surface area is 306 Å². The highest BCUT2D eigenvalue weighted by atomic mass is 79.9. The summed E-state index contributed by atoms with van der Waals surface area (Å²) >= 11 is 3.36. The van der Waals surface area contributed by atoms with Gasteiger partial charge in [0.2, 0.25) is 0 Å². The van der Waals surface area contributed by atoms with Crippen molar-refractivity contribution in [3.05, 3.63) is 59.4 Å². The summed E-state index contributed by atoms with van der Waals surface area (Å²) in [5.41, 5.74) is 2.91. The lowest BCUT2D eigenvalue weighted by Crippen LogP contribution is -2.41. The highest BCUT2D eigenvalue weighted by Gasteiger charge is 2.37. The molecule has 2 aromatic carbocycles. The van der Waals surface area contributed by atoms with Crippen LogP contribution in [-0.4, -0.2) is 68.6 Å². The minimum Gasteiger partial charge on any atom is -0.497 e. The van der Waals surface area contributed by atoms with Crippen LogP contribution in [0.2, 0.25) is 36.3 Å². The number of benzene rings is 2. The van der Waals surface area contributed by atoms with Gasteiger partial charge in [0.05, 0.1) is 38.2 Å². The number of ether oxygens (including phenoxy) is 4. The van der Waals surface area contributed by atoms with Gasteiger partial charge in [-0.25, -0.2) is 0 Å². The Morgan fingerprint density at radius 2 is 1.10 bits per heavy atom. The Bertz CT molecular complexity index is 1350. The molecule has 0 saturated carbocycles. The van der Waals surface area contributed by atoms with Crippen LogP contribution >= 0.6 is 15.9 Å². The van der Waals surface area contributed by atoms with Gasteiger partial charge in [-0.2, -0.15) is 0 Å². The van der Waals surface area contributed by atoms with Crippen molar-refractivity contribution in [3.8, 4) is 23.0 Å². The molecule has 0 aliphatic heterocycles. The molecule has 0 atom stereocenters. The Hall–Kier alpha value is -2.45. The molecule has 8 nitrogen and oxygen atoms in total. The van der Waals surface area contributed by atoms with Crippen molar-refractivity contribution in [1.29, 1.82) is 0 Å². The van der Waals surface area contributed by atoms with E-state index in [2.05, 4.69) is 90.2 Å². The van der Waals surface area contributed by atoms with E-state index >= 15 is 0 Å². The van der Waals surface area contributed by atoms with E-state index in [1.807, 2.05) is 12.1 Å². The monoisotopic (exact) mass is 780 g/mol. The van der Waals surface area contributed by atoms with E-state index < -0.39 is 16.6 Å². The number of alkyl halides is 1. The topological polar surface area (TPSA) is 89.5 Å². The van der Waals surface area contributed by atoms with Crippen molar-refractivity contribution in [2.75, 3.05) is 39.4 Å². The molecule has 0 amide bonds. The van der Waals surface area contributed by atoms with Crippen LogP contribution in [0.5, 0.6) is 23.0 Å². The van der Waals surface area contributed by atoms with Crippen molar-refractivity contribution in [3.63, 3.8) is 0 Å². The Morgan fingerprint density at radius 1 is 0.694 bits per heavy atom. The quantitative estimate of drug-likeness (QED) is 0.0458. The SMILES string of the molecule is C=COc1c(C=O)cc(OC)cc1CCCO[Si](C)(C)C(C)(C)C.COc1cc(C=O)c(OCCBr)c(CCCO[Si](C)(C)C(C)(C)C)c1. The zero-order valence-corrected chi connectivity index (χ0v) is 35.6. The maximum Gasteiger partial charge on any atom is 0.191 e. The predicted octanol–water partition coefficient (Wildman–Crippen LogP) is 10.2. The molecule has 2 aromatic rings. The summed E-state index contributed by atoms with van der Waals surface area (Å²) in [5, 5.41) is 1.12. The van der Waals surface area contributed by atoms with E-state index in [-0.39, 0.29) is 10.1 Å². The molecule has 0 heterocycles. The standard InChI is InChI=1S/C19H31BrO4Si.C19H30O4Si/c1-19(2,3)25(5,6)24-10-7-8-15-12-17(22-4)13-16(14-21)18(15)23-11-9-20;1-8-22-18-15(12-17(21-5)13-16(18)14-20)10-9-11-23-24(6,7)19(2,3)4/h12-14H,7-11H2,1-6H3;8,12-14H,1,9-11H2,2-7H3. The van der Waals surface area contributed by atoms with Crippen LogP contribution in [-0.2, 0) is 21.7 Å².